The Bertz CT molecular complexity index is 1700. The Morgan fingerprint density at radius 1 is 1.02 bits per heavy atom. The van der Waals surface area contributed by atoms with E-state index in [1.54, 1.807) is 45.2 Å². The first-order valence-electron chi connectivity index (χ1n) is 12.0. The molecule has 0 bridgehead atoms. The summed E-state index contributed by atoms with van der Waals surface area (Å²) in [5, 5.41) is 8.76. The van der Waals surface area contributed by atoms with Gasteiger partial charge in [-0.25, -0.2) is 13.2 Å². The predicted octanol–water partition coefficient (Wildman–Crippen LogP) is 3.04. The van der Waals surface area contributed by atoms with E-state index in [9.17, 15) is 17.8 Å². The van der Waals surface area contributed by atoms with Crippen LogP contribution in [-0.4, -0.2) is 88.4 Å². The van der Waals surface area contributed by atoms with Crippen molar-refractivity contribution >= 4 is 67.8 Å². The van der Waals surface area contributed by atoms with Gasteiger partial charge in [-0.2, -0.15) is 8.96 Å². The number of methoxy groups -OCH3 is 2. The Labute approximate surface area is 263 Å². The first kappa shape index (κ1) is 32.7. The number of aliphatic carboxylic acids is 1. The number of aromatic nitrogens is 3. The second kappa shape index (κ2) is 13.0. The zero-order valence-corrected chi connectivity index (χ0v) is 24.5. The Morgan fingerprint density at radius 2 is 1.68 bits per heavy atom. The van der Waals surface area contributed by atoms with E-state index in [4.69, 9.17) is 19.3 Å². The maximum absolute atomic E-state index is 14.3. The van der Waals surface area contributed by atoms with Gasteiger partial charge in [0.25, 0.3) is 10.0 Å². The third-order valence-electron chi connectivity index (χ3n) is 6.31. The van der Waals surface area contributed by atoms with Crippen molar-refractivity contribution in [3.8, 4) is 17.2 Å². The number of carboxylic acids is 1. The molecule has 0 spiro atoms. The second-order valence-corrected chi connectivity index (χ2v) is 12.2. The molecule has 14 heteroatoms. The molecule has 0 saturated heterocycles. The SMILES string of the molecule is COc1ccc2c(c1)nc([S+]([O-])Cc1ncc(C)c(OC)c1C)n2S(=O)(=O)c1c(C)cc(OCC(=O)O)cc1C.[NaH]. The first-order chi connectivity index (χ1) is 18.9. The summed E-state index contributed by atoms with van der Waals surface area (Å²) in [6, 6.07) is 7.62. The summed E-state index contributed by atoms with van der Waals surface area (Å²) < 4.78 is 59.3. The fourth-order valence-corrected chi connectivity index (χ4v) is 8.03. The number of carbonyl (C=O) groups is 1. The molecule has 2 aromatic heterocycles. The van der Waals surface area contributed by atoms with E-state index in [2.05, 4.69) is 9.97 Å². The molecule has 4 aromatic rings. The van der Waals surface area contributed by atoms with Crippen molar-refractivity contribution in [1.29, 1.82) is 0 Å². The average molecular weight is 612 g/mol. The van der Waals surface area contributed by atoms with Crippen molar-refractivity contribution in [2.45, 2.75) is 43.5 Å². The Balaban J connectivity index is 0.00000462. The van der Waals surface area contributed by atoms with Crippen molar-refractivity contribution < 1.29 is 37.1 Å². The molecule has 0 aliphatic carbocycles. The Kier molecular flexibility index (Phi) is 10.4. The Morgan fingerprint density at radius 3 is 2.27 bits per heavy atom. The molecule has 0 aliphatic rings. The monoisotopic (exact) mass is 611 g/mol. The van der Waals surface area contributed by atoms with Crippen LogP contribution in [0.1, 0.15) is 27.9 Å². The van der Waals surface area contributed by atoms with E-state index in [1.807, 2.05) is 6.92 Å². The summed E-state index contributed by atoms with van der Waals surface area (Å²) in [6.07, 6.45) is 1.61. The fraction of sp³-hybridized carbons (Fsp3) is 0.296. The molecule has 2 heterocycles. The van der Waals surface area contributed by atoms with Gasteiger partial charge >= 0.3 is 40.7 Å². The summed E-state index contributed by atoms with van der Waals surface area (Å²) >= 11 is -1.94. The van der Waals surface area contributed by atoms with Gasteiger partial charge in [-0.3, -0.25) is 4.98 Å². The van der Waals surface area contributed by atoms with Gasteiger partial charge < -0.3 is 23.9 Å². The number of aryl methyl sites for hydroxylation is 3. The van der Waals surface area contributed by atoms with E-state index in [0.29, 0.717) is 33.9 Å². The molecule has 0 fully saturated rings. The van der Waals surface area contributed by atoms with Crippen molar-refractivity contribution in [1.82, 2.24) is 13.9 Å². The van der Waals surface area contributed by atoms with Gasteiger partial charge in [-0.05, 0) is 63.1 Å². The number of fused-ring (bicyclic) bond motifs is 1. The van der Waals surface area contributed by atoms with Crippen LogP contribution in [0.25, 0.3) is 11.0 Å². The number of carboxylic acid groups (broad SMARTS) is 1. The molecular weight excluding hydrogens is 581 g/mol. The van der Waals surface area contributed by atoms with E-state index in [-0.39, 0.29) is 62.1 Å². The normalized spacial score (nSPS) is 12.1. The first-order valence-corrected chi connectivity index (χ1v) is 14.8. The summed E-state index contributed by atoms with van der Waals surface area (Å²) in [7, 11) is -1.33. The van der Waals surface area contributed by atoms with Gasteiger partial charge in [0.2, 0.25) is 0 Å². The molecule has 0 aliphatic heterocycles. The van der Waals surface area contributed by atoms with Gasteiger partial charge in [0, 0.05) is 34.6 Å². The molecular formula is C27H30N3NaO8S2. The minimum atomic E-state index is -4.35. The molecule has 2 aromatic carbocycles. The van der Waals surface area contributed by atoms with Crippen LogP contribution >= 0.6 is 0 Å². The van der Waals surface area contributed by atoms with Crippen LogP contribution in [0, 0.1) is 27.7 Å². The van der Waals surface area contributed by atoms with Crippen LogP contribution in [0.2, 0.25) is 0 Å². The molecule has 11 nitrogen and oxygen atoms in total. The number of hydrogen-bond acceptors (Lipinski definition) is 9. The number of nitrogens with zero attached hydrogens (tertiary/aromatic N) is 3. The second-order valence-electron chi connectivity index (χ2n) is 9.12. The van der Waals surface area contributed by atoms with Crippen LogP contribution in [-0.2, 0) is 31.7 Å². The zero-order chi connectivity index (χ0) is 29.4. The van der Waals surface area contributed by atoms with Crippen molar-refractivity contribution in [3.05, 3.63) is 64.5 Å². The number of imidazole rings is 1. The number of rotatable bonds is 10. The molecule has 0 saturated carbocycles. The van der Waals surface area contributed by atoms with Gasteiger partial charge in [-0.15, -0.1) is 0 Å². The molecule has 4 rings (SSSR count). The van der Waals surface area contributed by atoms with E-state index < -0.39 is 33.8 Å². The molecule has 41 heavy (non-hydrogen) atoms. The third kappa shape index (κ3) is 6.50. The van der Waals surface area contributed by atoms with Crippen LogP contribution in [0.4, 0.5) is 0 Å². The Hall–Kier alpha value is -2.81. The number of benzene rings is 2. The number of hydrogen-bond donors (Lipinski definition) is 1. The summed E-state index contributed by atoms with van der Waals surface area (Å²) in [5.41, 5.74) is 3.17. The van der Waals surface area contributed by atoms with Crippen molar-refractivity contribution in [2.75, 3.05) is 20.8 Å². The molecule has 0 amide bonds. The number of ether oxygens (including phenoxy) is 3. The molecule has 1 atom stereocenters. The summed E-state index contributed by atoms with van der Waals surface area (Å²) in [4.78, 5) is 19.8. The third-order valence-corrected chi connectivity index (χ3v) is 9.65. The standard InChI is InChI=1S/C27H29N3O8S2.Na.H/c1-15-9-20(38-13-24(31)32)10-16(2)26(15)40(34,35)30-23-8-7-19(36-5)11-21(23)29-27(30)39(33)14-22-18(4)25(37-6)17(3)12-28-22;;/h7-12H,13-14H2,1-6H3,(H,31,32);;. The maximum atomic E-state index is 14.3. The van der Waals surface area contributed by atoms with E-state index in [0.717, 1.165) is 9.54 Å². The van der Waals surface area contributed by atoms with E-state index >= 15 is 0 Å². The van der Waals surface area contributed by atoms with Gasteiger partial charge in [0.1, 0.15) is 17.2 Å². The molecule has 1 unspecified atom stereocenters. The zero-order valence-electron chi connectivity index (χ0n) is 22.8. The van der Waals surface area contributed by atoms with Crippen LogP contribution < -0.4 is 14.2 Å². The minimum absolute atomic E-state index is 0. The van der Waals surface area contributed by atoms with Crippen LogP contribution in [0.5, 0.6) is 17.2 Å². The molecule has 0 radical (unpaired) electrons. The molecule has 1 N–H and O–H groups in total. The molecule has 214 valence electrons. The van der Waals surface area contributed by atoms with Gasteiger partial charge in [0.05, 0.1) is 35.8 Å². The average Bonchev–Trinajstić information content (AvgIpc) is 3.28. The topological polar surface area (TPSA) is 153 Å². The quantitative estimate of drug-likeness (QED) is 0.209. The van der Waals surface area contributed by atoms with Gasteiger partial charge in [-0.1, -0.05) is 0 Å². The van der Waals surface area contributed by atoms with Crippen LogP contribution in [0.15, 0.2) is 46.6 Å². The summed E-state index contributed by atoms with van der Waals surface area (Å²) in [5.74, 6) is 0.0353. The van der Waals surface area contributed by atoms with Crippen molar-refractivity contribution in [3.63, 3.8) is 0 Å². The fourth-order valence-electron chi connectivity index (χ4n) is 4.56. The van der Waals surface area contributed by atoms with Crippen molar-refractivity contribution in [2.24, 2.45) is 0 Å². The number of pyridine rings is 1. The van der Waals surface area contributed by atoms with E-state index in [1.165, 1.54) is 26.4 Å². The summed E-state index contributed by atoms with van der Waals surface area (Å²) in [6.45, 7) is 6.24. The predicted molar refractivity (Wildman–Crippen MR) is 155 cm³/mol. The van der Waals surface area contributed by atoms with Gasteiger partial charge in [0.15, 0.2) is 12.4 Å². The van der Waals surface area contributed by atoms with Crippen LogP contribution in [0.3, 0.4) is 0 Å².